The van der Waals surface area contributed by atoms with E-state index >= 15 is 0 Å². The van der Waals surface area contributed by atoms with Gasteiger partial charge >= 0.3 is 0 Å². The lowest BCUT2D eigenvalue weighted by molar-refractivity contribution is 0.0711. The Labute approximate surface area is 156 Å². The van der Waals surface area contributed by atoms with Crippen LogP contribution >= 0.6 is 22.7 Å². The molecule has 4 aromatic heterocycles. The third-order valence-corrected chi connectivity index (χ3v) is 5.61. The molecule has 0 saturated carbocycles. The Morgan fingerprint density at radius 2 is 2.04 bits per heavy atom. The summed E-state index contributed by atoms with van der Waals surface area (Å²) in [7, 11) is 0. The average Bonchev–Trinajstić information content (AvgIpc) is 3.33. The zero-order valence-electron chi connectivity index (χ0n) is 14.0. The van der Waals surface area contributed by atoms with Gasteiger partial charge in [0.05, 0.1) is 21.3 Å². The van der Waals surface area contributed by atoms with Gasteiger partial charge in [-0.1, -0.05) is 6.07 Å². The van der Waals surface area contributed by atoms with E-state index in [4.69, 9.17) is 5.21 Å². The SMILES string of the molecule is Cc1ccc2nc(C)c(-c3csc(Nc4ccc(C(=O)NO)s4)n3)n2c1. The minimum Gasteiger partial charge on any atom is -0.323 e. The van der Waals surface area contributed by atoms with Gasteiger partial charge in [-0.05, 0) is 37.6 Å². The number of thiazole rings is 1. The number of aryl methyl sites for hydroxylation is 2. The highest BCUT2D eigenvalue weighted by Gasteiger charge is 2.15. The van der Waals surface area contributed by atoms with Crippen molar-refractivity contribution in [2.75, 3.05) is 5.32 Å². The van der Waals surface area contributed by atoms with Gasteiger partial charge in [0.2, 0.25) is 0 Å². The van der Waals surface area contributed by atoms with Gasteiger partial charge in [-0.25, -0.2) is 15.4 Å². The third-order valence-electron chi connectivity index (χ3n) is 3.85. The molecule has 0 radical (unpaired) electrons. The summed E-state index contributed by atoms with van der Waals surface area (Å²) in [6, 6.07) is 7.46. The first-order valence-corrected chi connectivity index (χ1v) is 9.47. The van der Waals surface area contributed by atoms with Crippen LogP contribution in [0.5, 0.6) is 0 Å². The summed E-state index contributed by atoms with van der Waals surface area (Å²) in [5, 5.41) is 15.4. The number of rotatable bonds is 4. The molecule has 0 aliphatic carbocycles. The largest absolute Gasteiger partial charge is 0.323 e. The van der Waals surface area contributed by atoms with E-state index in [0.29, 0.717) is 4.88 Å². The van der Waals surface area contributed by atoms with Gasteiger partial charge in [0.1, 0.15) is 11.3 Å². The minimum absolute atomic E-state index is 0.417. The van der Waals surface area contributed by atoms with Crippen LogP contribution in [0.2, 0.25) is 0 Å². The number of hydrogen-bond donors (Lipinski definition) is 3. The van der Waals surface area contributed by atoms with E-state index in [1.165, 1.54) is 22.7 Å². The highest BCUT2D eigenvalue weighted by molar-refractivity contribution is 7.18. The molecule has 4 aromatic rings. The fourth-order valence-corrected chi connectivity index (χ4v) is 4.27. The average molecular weight is 385 g/mol. The van der Waals surface area contributed by atoms with Crippen LogP contribution in [0.25, 0.3) is 17.0 Å². The van der Waals surface area contributed by atoms with Gasteiger partial charge in [-0.2, -0.15) is 0 Å². The maximum atomic E-state index is 11.4. The summed E-state index contributed by atoms with van der Waals surface area (Å²) in [4.78, 5) is 21.1. The minimum atomic E-state index is -0.528. The van der Waals surface area contributed by atoms with E-state index in [2.05, 4.69) is 25.9 Å². The van der Waals surface area contributed by atoms with Gasteiger partial charge in [0.15, 0.2) is 5.13 Å². The lowest BCUT2D eigenvalue weighted by Gasteiger charge is -2.01. The summed E-state index contributed by atoms with van der Waals surface area (Å²) < 4.78 is 2.05. The summed E-state index contributed by atoms with van der Waals surface area (Å²) >= 11 is 2.72. The highest BCUT2D eigenvalue weighted by atomic mass is 32.1. The van der Waals surface area contributed by atoms with Gasteiger partial charge in [0.25, 0.3) is 5.91 Å². The van der Waals surface area contributed by atoms with Crippen LogP contribution in [0.4, 0.5) is 10.1 Å². The predicted molar refractivity (Wildman–Crippen MR) is 103 cm³/mol. The zero-order chi connectivity index (χ0) is 18.3. The van der Waals surface area contributed by atoms with Crippen molar-refractivity contribution >= 4 is 44.4 Å². The van der Waals surface area contributed by atoms with Crippen molar-refractivity contribution in [3.05, 3.63) is 52.0 Å². The number of nitrogens with one attached hydrogen (secondary N) is 2. The standard InChI is InChI=1S/C17H15N5O2S2/c1-9-3-5-13-18-10(2)15(22(13)7-9)11-8-25-17(19-11)20-14-6-4-12(26-14)16(23)21-24/h3-8,24H,1-2H3,(H,19,20)(H,21,23). The Kier molecular flexibility index (Phi) is 4.19. The van der Waals surface area contributed by atoms with E-state index < -0.39 is 5.91 Å². The second-order valence-corrected chi connectivity index (χ2v) is 7.69. The molecule has 132 valence electrons. The number of hydrogen-bond acceptors (Lipinski definition) is 7. The second-order valence-electron chi connectivity index (χ2n) is 5.75. The topological polar surface area (TPSA) is 91.5 Å². The quantitative estimate of drug-likeness (QED) is 0.365. The molecule has 3 N–H and O–H groups in total. The maximum absolute atomic E-state index is 11.4. The van der Waals surface area contributed by atoms with E-state index in [9.17, 15) is 4.79 Å². The number of pyridine rings is 1. The highest BCUT2D eigenvalue weighted by Crippen LogP contribution is 2.32. The van der Waals surface area contributed by atoms with Crippen LogP contribution in [0.1, 0.15) is 20.9 Å². The molecule has 1 amide bonds. The number of nitrogens with zero attached hydrogens (tertiary/aromatic N) is 3. The van der Waals surface area contributed by atoms with Crippen molar-refractivity contribution in [2.24, 2.45) is 0 Å². The number of aromatic nitrogens is 3. The summed E-state index contributed by atoms with van der Waals surface area (Å²) in [5.74, 6) is -0.528. The van der Waals surface area contributed by atoms with Crippen LogP contribution in [0, 0.1) is 13.8 Å². The molecule has 0 aliphatic heterocycles. The number of imidazole rings is 1. The molecule has 0 aliphatic rings. The molecule has 0 saturated heterocycles. The first-order valence-electron chi connectivity index (χ1n) is 7.77. The van der Waals surface area contributed by atoms with Crippen LogP contribution in [-0.4, -0.2) is 25.5 Å². The lowest BCUT2D eigenvalue weighted by atomic mass is 10.2. The number of anilines is 2. The number of amides is 1. The van der Waals surface area contributed by atoms with Crippen molar-refractivity contribution in [3.63, 3.8) is 0 Å². The number of carbonyl (C=O) groups excluding carboxylic acids is 1. The molecule has 4 rings (SSSR count). The van der Waals surface area contributed by atoms with Crippen molar-refractivity contribution < 1.29 is 10.0 Å². The summed E-state index contributed by atoms with van der Waals surface area (Å²) in [5.41, 5.74) is 6.41. The van der Waals surface area contributed by atoms with Crippen molar-refractivity contribution in [3.8, 4) is 11.4 Å². The molecule has 0 aromatic carbocycles. The van der Waals surface area contributed by atoms with E-state index in [1.807, 2.05) is 31.4 Å². The smallest absolute Gasteiger partial charge is 0.284 e. The Balaban J connectivity index is 1.64. The Morgan fingerprint density at radius 3 is 2.85 bits per heavy atom. The van der Waals surface area contributed by atoms with Crippen molar-refractivity contribution in [1.29, 1.82) is 0 Å². The van der Waals surface area contributed by atoms with Crippen molar-refractivity contribution in [1.82, 2.24) is 19.8 Å². The third kappa shape index (κ3) is 2.96. The molecule has 26 heavy (non-hydrogen) atoms. The maximum Gasteiger partial charge on any atom is 0.284 e. The second kappa shape index (κ2) is 6.52. The number of fused-ring (bicyclic) bond motifs is 1. The van der Waals surface area contributed by atoms with Crippen LogP contribution in [0.15, 0.2) is 35.8 Å². The Bertz CT molecular complexity index is 1110. The molecular formula is C17H15N5O2S2. The van der Waals surface area contributed by atoms with Gasteiger partial charge in [-0.3, -0.25) is 14.4 Å². The predicted octanol–water partition coefficient (Wildman–Crippen LogP) is 4.00. The van der Waals surface area contributed by atoms with E-state index in [1.54, 1.807) is 17.6 Å². The van der Waals surface area contributed by atoms with Gasteiger partial charge in [0, 0.05) is 11.6 Å². The summed E-state index contributed by atoms with van der Waals surface area (Å²) in [6.45, 7) is 4.02. The monoisotopic (exact) mass is 385 g/mol. The fraction of sp³-hybridized carbons (Fsp3) is 0.118. The molecule has 0 fully saturated rings. The van der Waals surface area contributed by atoms with Crippen LogP contribution < -0.4 is 10.8 Å². The molecule has 0 spiro atoms. The van der Waals surface area contributed by atoms with Gasteiger partial charge in [-0.15, -0.1) is 22.7 Å². The molecular weight excluding hydrogens is 370 g/mol. The number of hydroxylamine groups is 1. The summed E-state index contributed by atoms with van der Waals surface area (Å²) in [6.07, 6.45) is 2.05. The molecule has 4 heterocycles. The first-order chi connectivity index (χ1) is 12.5. The van der Waals surface area contributed by atoms with E-state index in [-0.39, 0.29) is 0 Å². The fourth-order valence-electron chi connectivity index (χ4n) is 2.70. The first kappa shape index (κ1) is 16.7. The Morgan fingerprint density at radius 1 is 1.19 bits per heavy atom. The number of carbonyl (C=O) groups is 1. The molecule has 0 unspecified atom stereocenters. The molecule has 0 bridgehead atoms. The number of thiophene rings is 1. The lowest BCUT2D eigenvalue weighted by Crippen LogP contribution is -2.16. The van der Waals surface area contributed by atoms with E-state index in [0.717, 1.165) is 38.4 Å². The molecule has 7 nitrogen and oxygen atoms in total. The van der Waals surface area contributed by atoms with Gasteiger partial charge < -0.3 is 5.32 Å². The zero-order valence-corrected chi connectivity index (χ0v) is 15.6. The normalized spacial score (nSPS) is 11.0. The molecule has 0 atom stereocenters. The Hall–Kier alpha value is -2.75. The molecule has 9 heteroatoms. The van der Waals surface area contributed by atoms with Crippen LogP contribution in [0.3, 0.4) is 0 Å². The van der Waals surface area contributed by atoms with Crippen LogP contribution in [-0.2, 0) is 0 Å². The van der Waals surface area contributed by atoms with Crippen molar-refractivity contribution in [2.45, 2.75) is 13.8 Å².